The van der Waals surface area contributed by atoms with Gasteiger partial charge in [-0.05, 0) is 60.0 Å². The normalized spacial score (nSPS) is 20.4. The molecule has 0 saturated heterocycles. The molecule has 2 aliphatic heterocycles. The molecule has 2 heterocycles. The number of nitrogens with one attached hydrogen (secondary N) is 2. The number of benzene rings is 2. The van der Waals surface area contributed by atoms with Crippen LogP contribution in [0.5, 0.6) is 0 Å². The monoisotopic (exact) mass is 412 g/mol. The summed E-state index contributed by atoms with van der Waals surface area (Å²) in [5.74, 6) is 1.34. The van der Waals surface area contributed by atoms with Gasteiger partial charge in [0.25, 0.3) is 0 Å². The van der Waals surface area contributed by atoms with Gasteiger partial charge in [0.15, 0.2) is 0 Å². The first-order valence-electron chi connectivity index (χ1n) is 9.32. The van der Waals surface area contributed by atoms with Crippen LogP contribution in [-0.4, -0.2) is 31.7 Å². The van der Waals surface area contributed by atoms with E-state index in [1.165, 1.54) is 35.1 Å². The third kappa shape index (κ3) is 7.10. The van der Waals surface area contributed by atoms with Gasteiger partial charge in [-0.1, -0.05) is 62.4 Å². The van der Waals surface area contributed by atoms with E-state index in [0.29, 0.717) is 11.8 Å². The van der Waals surface area contributed by atoms with E-state index < -0.39 is 0 Å². The summed E-state index contributed by atoms with van der Waals surface area (Å²) in [5, 5.41) is 6.89. The lowest BCUT2D eigenvalue weighted by Crippen LogP contribution is -2.18. The topological polar surface area (TPSA) is 55.6 Å². The van der Waals surface area contributed by atoms with Gasteiger partial charge in [-0.15, -0.1) is 24.8 Å². The van der Waals surface area contributed by atoms with Crippen LogP contribution in [0.1, 0.15) is 47.9 Å². The summed E-state index contributed by atoms with van der Waals surface area (Å²) in [7, 11) is 0. The maximum Gasteiger partial charge on any atom is 0.00177 e. The Morgan fingerprint density at radius 3 is 1.44 bits per heavy atom. The molecule has 0 amide bonds. The van der Waals surface area contributed by atoms with Crippen molar-refractivity contribution in [3.8, 4) is 0 Å². The molecule has 2 aromatic rings. The number of halogens is 2. The third-order valence-corrected chi connectivity index (χ3v) is 5.22. The van der Waals surface area contributed by atoms with Gasteiger partial charge in [0.1, 0.15) is 0 Å². The largest absolute Gasteiger partial charge is 0.412 e. The molecule has 27 heavy (non-hydrogen) atoms. The van der Waals surface area contributed by atoms with Gasteiger partial charge in [-0.25, -0.2) is 0 Å². The fourth-order valence-electron chi connectivity index (χ4n) is 3.79. The molecule has 4 N–H and O–H groups in total. The summed E-state index contributed by atoms with van der Waals surface area (Å²) < 4.78 is 0. The van der Waals surface area contributed by atoms with Crippen molar-refractivity contribution in [2.75, 3.05) is 26.2 Å². The highest BCUT2D eigenvalue weighted by Crippen LogP contribution is 2.22. The van der Waals surface area contributed by atoms with Crippen LogP contribution < -0.4 is 10.6 Å². The smallest absolute Gasteiger partial charge is 0.00177 e. The van der Waals surface area contributed by atoms with Gasteiger partial charge in [-0.3, -0.25) is 0 Å². The van der Waals surface area contributed by atoms with Gasteiger partial charge < -0.3 is 16.1 Å². The Kier molecular flexibility index (Phi) is 12.6. The van der Waals surface area contributed by atoms with Gasteiger partial charge in [-0.2, -0.15) is 0 Å². The highest BCUT2D eigenvalue weighted by Gasteiger charge is 2.13. The number of fused-ring (bicyclic) bond motifs is 2. The van der Waals surface area contributed by atoms with Crippen molar-refractivity contribution in [3.05, 3.63) is 70.8 Å². The summed E-state index contributed by atoms with van der Waals surface area (Å²) in [4.78, 5) is 0. The van der Waals surface area contributed by atoms with Crippen LogP contribution in [0.15, 0.2) is 48.5 Å². The maximum absolute atomic E-state index is 3.44. The van der Waals surface area contributed by atoms with Crippen molar-refractivity contribution in [1.29, 1.82) is 0 Å². The van der Waals surface area contributed by atoms with Gasteiger partial charge >= 0.3 is 0 Å². The number of hydrogen-bond acceptors (Lipinski definition) is 2. The Morgan fingerprint density at radius 2 is 1.04 bits per heavy atom. The molecule has 0 aromatic heterocycles. The van der Waals surface area contributed by atoms with Crippen LogP contribution in [-0.2, 0) is 12.8 Å². The lowest BCUT2D eigenvalue weighted by atomic mass is 9.96. The molecule has 2 atom stereocenters. The second kappa shape index (κ2) is 13.1. The summed E-state index contributed by atoms with van der Waals surface area (Å²) in [6.45, 7) is 9.07. The first kappa shape index (κ1) is 25.9. The molecule has 2 aliphatic rings. The molecular formula is C22H34Cl2N2O. The number of rotatable bonds is 0. The van der Waals surface area contributed by atoms with Crippen LogP contribution in [0.25, 0.3) is 0 Å². The molecule has 2 aromatic carbocycles. The van der Waals surface area contributed by atoms with Crippen molar-refractivity contribution >= 4 is 24.8 Å². The minimum absolute atomic E-state index is 0. The van der Waals surface area contributed by atoms with Crippen molar-refractivity contribution in [2.24, 2.45) is 0 Å². The molecule has 0 bridgehead atoms. The Hall–Kier alpha value is -1.10. The Labute approximate surface area is 176 Å². The van der Waals surface area contributed by atoms with Crippen LogP contribution in [0.2, 0.25) is 0 Å². The van der Waals surface area contributed by atoms with E-state index in [-0.39, 0.29) is 30.3 Å². The first-order chi connectivity index (χ1) is 11.8. The zero-order chi connectivity index (χ0) is 16.8. The molecule has 3 nitrogen and oxygen atoms in total. The highest BCUT2D eigenvalue weighted by atomic mass is 35.5. The molecule has 5 heteroatoms. The molecule has 0 spiro atoms. The first-order valence-corrected chi connectivity index (χ1v) is 9.32. The van der Waals surface area contributed by atoms with Crippen molar-refractivity contribution in [1.82, 2.24) is 10.6 Å². The van der Waals surface area contributed by atoms with Crippen molar-refractivity contribution in [2.45, 2.75) is 38.5 Å². The van der Waals surface area contributed by atoms with Crippen LogP contribution in [0, 0.1) is 0 Å². The van der Waals surface area contributed by atoms with E-state index in [1.54, 1.807) is 0 Å². The predicted octanol–water partition coefficient (Wildman–Crippen LogP) is 3.89. The van der Waals surface area contributed by atoms with Gasteiger partial charge in [0.2, 0.25) is 0 Å². The van der Waals surface area contributed by atoms with Crippen LogP contribution >= 0.6 is 24.8 Å². The predicted molar refractivity (Wildman–Crippen MR) is 121 cm³/mol. The summed E-state index contributed by atoms with van der Waals surface area (Å²) in [6.07, 6.45) is 2.36. The second-order valence-corrected chi connectivity index (χ2v) is 7.11. The quantitative estimate of drug-likeness (QED) is 0.689. The summed E-state index contributed by atoms with van der Waals surface area (Å²) in [6, 6.07) is 17.6. The standard InChI is InChI=1S/2C11H15N.2ClH.H2O/c2*1-9-8-12-7-6-10-4-2-3-5-11(9)10;;;/h2*2-5,9,12H,6-8H2,1H3;2*1H;1H2. The third-order valence-electron chi connectivity index (χ3n) is 5.22. The lowest BCUT2D eigenvalue weighted by molar-refractivity contribution is 0.644. The maximum atomic E-state index is 3.44. The lowest BCUT2D eigenvalue weighted by Gasteiger charge is -2.10. The number of hydrogen-bond donors (Lipinski definition) is 2. The Morgan fingerprint density at radius 1 is 0.667 bits per heavy atom. The molecular weight excluding hydrogens is 379 g/mol. The fourth-order valence-corrected chi connectivity index (χ4v) is 3.79. The highest BCUT2D eigenvalue weighted by molar-refractivity contribution is 5.85. The molecule has 0 radical (unpaired) electrons. The molecule has 0 aliphatic carbocycles. The molecule has 2 unspecified atom stereocenters. The fraction of sp³-hybridized carbons (Fsp3) is 0.455. The molecule has 0 fully saturated rings. The minimum Gasteiger partial charge on any atom is -0.412 e. The van der Waals surface area contributed by atoms with Crippen molar-refractivity contribution in [3.63, 3.8) is 0 Å². The Balaban J connectivity index is 0.000000451. The van der Waals surface area contributed by atoms with Crippen LogP contribution in [0.4, 0.5) is 0 Å². The molecule has 0 saturated carbocycles. The van der Waals surface area contributed by atoms with E-state index in [0.717, 1.165) is 26.2 Å². The van der Waals surface area contributed by atoms with E-state index in [4.69, 9.17) is 0 Å². The van der Waals surface area contributed by atoms with Gasteiger partial charge in [0, 0.05) is 13.1 Å². The average Bonchev–Trinajstić information content (AvgIpc) is 2.93. The van der Waals surface area contributed by atoms with E-state index >= 15 is 0 Å². The van der Waals surface area contributed by atoms with Crippen LogP contribution in [0.3, 0.4) is 0 Å². The molecule has 4 rings (SSSR count). The average molecular weight is 413 g/mol. The summed E-state index contributed by atoms with van der Waals surface area (Å²) >= 11 is 0. The SMILES string of the molecule is CC1CNCCc2ccccc21.CC1CNCCc2ccccc21.Cl.Cl.O. The second-order valence-electron chi connectivity index (χ2n) is 7.11. The van der Waals surface area contributed by atoms with E-state index in [1.807, 2.05) is 0 Å². The van der Waals surface area contributed by atoms with E-state index in [2.05, 4.69) is 73.0 Å². The van der Waals surface area contributed by atoms with Crippen molar-refractivity contribution < 1.29 is 5.48 Å². The van der Waals surface area contributed by atoms with E-state index in [9.17, 15) is 0 Å². The zero-order valence-corrected chi connectivity index (χ0v) is 18.0. The minimum atomic E-state index is 0. The Bertz CT molecular complexity index is 609. The zero-order valence-electron chi connectivity index (χ0n) is 16.3. The molecule has 152 valence electrons. The van der Waals surface area contributed by atoms with Gasteiger partial charge in [0.05, 0.1) is 0 Å². The summed E-state index contributed by atoms with van der Waals surface area (Å²) in [5.41, 5.74) is 6.11.